The molecule has 1 atom stereocenters. The molecule has 0 radical (unpaired) electrons. The summed E-state index contributed by atoms with van der Waals surface area (Å²) < 4.78 is 10.9. The minimum absolute atomic E-state index is 0. The van der Waals surface area contributed by atoms with Gasteiger partial charge in [0.05, 0.1) is 6.10 Å². The first-order chi connectivity index (χ1) is 12.2. The van der Waals surface area contributed by atoms with Crippen molar-refractivity contribution in [1.29, 1.82) is 0 Å². The van der Waals surface area contributed by atoms with Crippen molar-refractivity contribution in [3.8, 4) is 0 Å². The molecule has 26 heavy (non-hydrogen) atoms. The zero-order valence-corrected chi connectivity index (χ0v) is 17.9. The molecule has 2 rings (SSSR count). The maximum atomic E-state index is 5.87. The number of hydrogen-bond acceptors (Lipinski definition) is 5. The van der Waals surface area contributed by atoms with Crippen LogP contribution in [-0.2, 0) is 11.3 Å². The maximum Gasteiger partial charge on any atom is 0.248 e. The van der Waals surface area contributed by atoms with Gasteiger partial charge in [-0.2, -0.15) is 4.98 Å². The molecule has 1 heterocycles. The Bertz CT molecular complexity index is 648. The van der Waals surface area contributed by atoms with E-state index in [9.17, 15) is 0 Å². The third-order valence-corrected chi connectivity index (χ3v) is 3.54. The van der Waals surface area contributed by atoms with Crippen LogP contribution in [0.1, 0.15) is 43.7 Å². The largest absolute Gasteiger partial charge is 0.374 e. The van der Waals surface area contributed by atoms with Crippen molar-refractivity contribution in [3.05, 3.63) is 47.6 Å². The van der Waals surface area contributed by atoms with Crippen molar-refractivity contribution in [2.24, 2.45) is 4.99 Å². The highest BCUT2D eigenvalue weighted by molar-refractivity contribution is 14.0. The molecule has 0 spiro atoms. The lowest BCUT2D eigenvalue weighted by Crippen LogP contribution is -2.38. The summed E-state index contributed by atoms with van der Waals surface area (Å²) >= 11 is 0. The molecule has 0 fully saturated rings. The lowest BCUT2D eigenvalue weighted by atomic mass is 10.1. The van der Waals surface area contributed by atoms with E-state index in [0.29, 0.717) is 24.9 Å². The van der Waals surface area contributed by atoms with Gasteiger partial charge in [-0.15, -0.1) is 24.0 Å². The van der Waals surface area contributed by atoms with Crippen LogP contribution in [0.4, 0.5) is 0 Å². The molecule has 7 nitrogen and oxygen atoms in total. The Morgan fingerprint density at radius 3 is 2.69 bits per heavy atom. The highest BCUT2D eigenvalue weighted by Crippen LogP contribution is 2.15. The Hall–Kier alpha value is -1.68. The third-order valence-electron chi connectivity index (χ3n) is 3.54. The van der Waals surface area contributed by atoms with E-state index in [1.165, 1.54) is 5.56 Å². The number of halogens is 1. The molecule has 0 bridgehead atoms. The van der Waals surface area contributed by atoms with Crippen LogP contribution in [0.15, 0.2) is 39.8 Å². The first-order valence-corrected chi connectivity index (χ1v) is 8.67. The second kappa shape index (κ2) is 12.6. The molecule has 0 aliphatic rings. The molecular weight excluding hydrogens is 445 g/mol. The van der Waals surface area contributed by atoms with Crippen LogP contribution in [-0.4, -0.2) is 35.8 Å². The van der Waals surface area contributed by atoms with E-state index in [0.717, 1.165) is 25.5 Å². The zero-order chi connectivity index (χ0) is 17.9. The number of aryl methyl sites for hydroxylation is 1. The number of rotatable bonds is 9. The van der Waals surface area contributed by atoms with E-state index in [4.69, 9.17) is 9.26 Å². The highest BCUT2D eigenvalue weighted by atomic mass is 127. The molecule has 1 unspecified atom stereocenters. The summed E-state index contributed by atoms with van der Waals surface area (Å²) in [6, 6.07) is 10.2. The lowest BCUT2D eigenvalue weighted by Gasteiger charge is -2.14. The van der Waals surface area contributed by atoms with Crippen molar-refractivity contribution in [2.75, 3.05) is 19.7 Å². The Morgan fingerprint density at radius 1 is 1.27 bits per heavy atom. The van der Waals surface area contributed by atoms with E-state index in [2.05, 4.69) is 44.8 Å². The topological polar surface area (TPSA) is 84.6 Å². The van der Waals surface area contributed by atoms with Crippen LogP contribution in [0, 0.1) is 6.92 Å². The van der Waals surface area contributed by atoms with Crippen molar-refractivity contribution >= 4 is 29.9 Å². The van der Waals surface area contributed by atoms with Gasteiger partial charge in [-0.05, 0) is 32.8 Å². The van der Waals surface area contributed by atoms with Gasteiger partial charge in [0.1, 0.15) is 6.54 Å². The summed E-state index contributed by atoms with van der Waals surface area (Å²) in [7, 11) is 0. The zero-order valence-electron chi connectivity index (χ0n) is 15.6. The van der Waals surface area contributed by atoms with E-state index in [1.54, 1.807) is 6.92 Å². The van der Waals surface area contributed by atoms with Gasteiger partial charge in [0, 0.05) is 19.7 Å². The van der Waals surface area contributed by atoms with Crippen LogP contribution < -0.4 is 10.6 Å². The normalized spacial score (nSPS) is 12.3. The number of ether oxygens (including phenoxy) is 1. The number of guanidine groups is 1. The second-order valence-electron chi connectivity index (χ2n) is 5.63. The number of aliphatic imine (C=N–C) groups is 1. The molecule has 8 heteroatoms. The van der Waals surface area contributed by atoms with Crippen LogP contribution in [0.3, 0.4) is 0 Å². The molecule has 2 aromatic rings. The number of hydrogen-bond donors (Lipinski definition) is 2. The highest BCUT2D eigenvalue weighted by Gasteiger charge is 2.05. The minimum atomic E-state index is 0. The van der Waals surface area contributed by atoms with Crippen molar-refractivity contribution in [2.45, 2.75) is 39.8 Å². The fraction of sp³-hybridized carbons (Fsp3) is 0.500. The van der Waals surface area contributed by atoms with Gasteiger partial charge in [0.25, 0.3) is 0 Å². The number of nitrogens with one attached hydrogen (secondary N) is 2. The van der Waals surface area contributed by atoms with Crippen LogP contribution in [0.25, 0.3) is 0 Å². The molecule has 1 aromatic heterocycles. The van der Waals surface area contributed by atoms with E-state index >= 15 is 0 Å². The fourth-order valence-electron chi connectivity index (χ4n) is 2.25. The molecule has 1 aromatic carbocycles. The predicted octanol–water partition coefficient (Wildman–Crippen LogP) is 3.22. The van der Waals surface area contributed by atoms with Gasteiger partial charge in [0.2, 0.25) is 5.89 Å². The summed E-state index contributed by atoms with van der Waals surface area (Å²) in [5.74, 6) is 1.86. The van der Waals surface area contributed by atoms with Crippen LogP contribution >= 0.6 is 24.0 Å². The predicted molar refractivity (Wildman–Crippen MR) is 113 cm³/mol. The number of nitrogens with zero attached hydrogens (tertiary/aromatic N) is 3. The molecule has 0 aliphatic heterocycles. The lowest BCUT2D eigenvalue weighted by molar-refractivity contribution is 0.0646. The van der Waals surface area contributed by atoms with Gasteiger partial charge >= 0.3 is 0 Å². The molecule has 144 valence electrons. The van der Waals surface area contributed by atoms with Crippen molar-refractivity contribution < 1.29 is 9.26 Å². The quantitative estimate of drug-likeness (QED) is 0.252. The summed E-state index contributed by atoms with van der Waals surface area (Å²) in [5.41, 5.74) is 1.19. The van der Waals surface area contributed by atoms with E-state index in [-0.39, 0.29) is 30.1 Å². The Kier molecular flexibility index (Phi) is 10.9. The van der Waals surface area contributed by atoms with Gasteiger partial charge in [-0.1, -0.05) is 35.5 Å². The minimum Gasteiger partial charge on any atom is -0.374 e. The van der Waals surface area contributed by atoms with Crippen LogP contribution in [0.5, 0.6) is 0 Å². The molecular formula is C18H28IN5O2. The van der Waals surface area contributed by atoms with Crippen molar-refractivity contribution in [1.82, 2.24) is 20.8 Å². The van der Waals surface area contributed by atoms with Crippen LogP contribution in [0.2, 0.25) is 0 Å². The van der Waals surface area contributed by atoms with Gasteiger partial charge in [-0.3, -0.25) is 0 Å². The van der Waals surface area contributed by atoms with Gasteiger partial charge < -0.3 is 19.9 Å². The van der Waals surface area contributed by atoms with Gasteiger partial charge in [-0.25, -0.2) is 4.99 Å². The van der Waals surface area contributed by atoms with Gasteiger partial charge in [0.15, 0.2) is 11.8 Å². The first-order valence-electron chi connectivity index (χ1n) is 8.67. The Morgan fingerprint density at radius 2 is 2.04 bits per heavy atom. The summed E-state index contributed by atoms with van der Waals surface area (Å²) in [6.07, 6.45) is 0.991. The SMILES string of the molecule is CCNC(=NCc1nc(C)no1)NCCCOC(C)c1ccccc1.I. The third kappa shape index (κ3) is 8.13. The fourth-order valence-corrected chi connectivity index (χ4v) is 2.25. The molecule has 0 saturated heterocycles. The number of aromatic nitrogens is 2. The standard InChI is InChI=1S/C18H27N5O2.HI/c1-4-19-18(21-13-17-22-15(3)23-25-17)20-11-8-12-24-14(2)16-9-6-5-7-10-16;/h5-7,9-10,14H,4,8,11-13H2,1-3H3,(H2,19,20,21);1H. The maximum absolute atomic E-state index is 5.87. The average Bonchev–Trinajstić information content (AvgIpc) is 3.05. The van der Waals surface area contributed by atoms with E-state index in [1.807, 2.05) is 25.1 Å². The molecule has 0 saturated carbocycles. The Balaban J connectivity index is 0.00000338. The monoisotopic (exact) mass is 473 g/mol. The molecule has 0 aliphatic carbocycles. The summed E-state index contributed by atoms with van der Waals surface area (Å²) in [5, 5.41) is 10.2. The second-order valence-corrected chi connectivity index (χ2v) is 5.63. The Labute approximate surface area is 172 Å². The number of benzene rings is 1. The van der Waals surface area contributed by atoms with E-state index < -0.39 is 0 Å². The smallest absolute Gasteiger partial charge is 0.248 e. The molecule has 0 amide bonds. The van der Waals surface area contributed by atoms with Crippen molar-refractivity contribution in [3.63, 3.8) is 0 Å². The average molecular weight is 473 g/mol. The first kappa shape index (κ1) is 22.4. The summed E-state index contributed by atoms with van der Waals surface area (Å²) in [6.45, 7) is 8.49. The summed E-state index contributed by atoms with van der Waals surface area (Å²) in [4.78, 5) is 8.58. The molecule has 2 N–H and O–H groups in total.